The molecule has 0 amide bonds. The number of rotatable bonds is 3. The van der Waals surface area contributed by atoms with Gasteiger partial charge in [0.05, 0.1) is 6.04 Å². The van der Waals surface area contributed by atoms with Crippen LogP contribution in [0.5, 0.6) is 0 Å². The van der Waals surface area contributed by atoms with Gasteiger partial charge in [0.15, 0.2) is 0 Å². The number of fused-ring (bicyclic) bond motifs is 2. The summed E-state index contributed by atoms with van der Waals surface area (Å²) in [6, 6.07) is 18.9. The van der Waals surface area contributed by atoms with E-state index in [1.807, 2.05) is 25.2 Å². The molecule has 2 aromatic carbocycles. The third-order valence-corrected chi connectivity index (χ3v) is 4.82. The number of benzene rings is 2. The Hall–Kier alpha value is -2.10. The van der Waals surface area contributed by atoms with Gasteiger partial charge in [0.25, 0.3) is 0 Å². The van der Waals surface area contributed by atoms with Crippen LogP contribution in [0.4, 0.5) is 0 Å². The largest absolute Gasteiger partial charge is 0.459 e. The molecule has 0 saturated heterocycles. The molecule has 0 aliphatic heterocycles. The Morgan fingerprint density at radius 3 is 2.71 bits per heavy atom. The highest BCUT2D eigenvalue weighted by Crippen LogP contribution is 2.34. The van der Waals surface area contributed by atoms with Crippen molar-refractivity contribution in [2.45, 2.75) is 6.04 Å². The normalized spacial score (nSPS) is 13.0. The summed E-state index contributed by atoms with van der Waals surface area (Å²) in [6.45, 7) is 0. The molecule has 104 valence electrons. The number of hydrogen-bond donors (Lipinski definition) is 1. The highest BCUT2D eigenvalue weighted by Gasteiger charge is 2.19. The fourth-order valence-corrected chi connectivity index (χ4v) is 3.78. The van der Waals surface area contributed by atoms with Gasteiger partial charge in [-0.05, 0) is 41.6 Å². The van der Waals surface area contributed by atoms with Gasteiger partial charge >= 0.3 is 0 Å². The minimum Gasteiger partial charge on any atom is -0.459 e. The second-order valence-electron chi connectivity index (χ2n) is 5.09. The molecule has 0 saturated carbocycles. The lowest BCUT2D eigenvalue weighted by atomic mass is 10.0. The second-order valence-corrected chi connectivity index (χ2v) is 6.01. The highest BCUT2D eigenvalue weighted by molar-refractivity contribution is 7.17. The number of nitrogens with one attached hydrogen (secondary N) is 1. The van der Waals surface area contributed by atoms with E-state index >= 15 is 0 Å². The molecule has 0 spiro atoms. The molecule has 1 atom stereocenters. The van der Waals surface area contributed by atoms with Crippen molar-refractivity contribution in [3.05, 3.63) is 71.3 Å². The summed E-state index contributed by atoms with van der Waals surface area (Å²) in [5, 5.41) is 7.96. The molecule has 0 aliphatic carbocycles. The zero-order chi connectivity index (χ0) is 14.2. The predicted octanol–water partition coefficient (Wildman–Crippen LogP) is 4.96. The van der Waals surface area contributed by atoms with Crippen LogP contribution in [0.3, 0.4) is 0 Å². The Bertz CT molecular complexity index is 873. The van der Waals surface area contributed by atoms with Gasteiger partial charge in [-0.3, -0.25) is 0 Å². The zero-order valence-corrected chi connectivity index (χ0v) is 12.5. The third-order valence-electron chi connectivity index (χ3n) is 3.84. The average Bonchev–Trinajstić information content (AvgIpc) is 3.14. The maximum atomic E-state index is 6.04. The Morgan fingerprint density at radius 1 is 1.00 bits per heavy atom. The fraction of sp³-hybridized carbons (Fsp3) is 0.111. The first kappa shape index (κ1) is 12.6. The van der Waals surface area contributed by atoms with Crippen LogP contribution < -0.4 is 5.32 Å². The van der Waals surface area contributed by atoms with Gasteiger partial charge < -0.3 is 9.73 Å². The number of hydrogen-bond acceptors (Lipinski definition) is 3. The van der Waals surface area contributed by atoms with Crippen LogP contribution >= 0.6 is 11.3 Å². The van der Waals surface area contributed by atoms with Gasteiger partial charge in [0.2, 0.25) is 0 Å². The minimum absolute atomic E-state index is 0.0692. The summed E-state index contributed by atoms with van der Waals surface area (Å²) in [5.74, 6) is 0.958. The van der Waals surface area contributed by atoms with E-state index in [2.05, 4.69) is 47.1 Å². The maximum absolute atomic E-state index is 6.04. The van der Waals surface area contributed by atoms with E-state index in [0.717, 1.165) is 16.7 Å². The van der Waals surface area contributed by atoms with Crippen LogP contribution in [0.1, 0.15) is 17.4 Å². The van der Waals surface area contributed by atoms with Crippen molar-refractivity contribution in [2.24, 2.45) is 0 Å². The minimum atomic E-state index is 0.0692. The molecule has 4 aromatic rings. The van der Waals surface area contributed by atoms with Crippen LogP contribution in [-0.2, 0) is 0 Å². The first-order valence-electron chi connectivity index (χ1n) is 6.98. The molecule has 2 aromatic heterocycles. The van der Waals surface area contributed by atoms with Crippen molar-refractivity contribution in [3.63, 3.8) is 0 Å². The summed E-state index contributed by atoms with van der Waals surface area (Å²) in [7, 11) is 1.98. The molecule has 0 radical (unpaired) electrons. The first-order valence-corrected chi connectivity index (χ1v) is 7.86. The maximum Gasteiger partial charge on any atom is 0.134 e. The van der Waals surface area contributed by atoms with Crippen molar-refractivity contribution in [1.82, 2.24) is 5.32 Å². The van der Waals surface area contributed by atoms with Crippen LogP contribution in [0, 0.1) is 0 Å². The van der Waals surface area contributed by atoms with E-state index in [-0.39, 0.29) is 6.04 Å². The van der Waals surface area contributed by atoms with E-state index in [1.54, 1.807) is 11.3 Å². The summed E-state index contributed by atoms with van der Waals surface area (Å²) in [5.41, 5.74) is 2.20. The SMILES string of the molecule is CNC(c1cc2ccccc2o1)c1cccc2ccsc12. The molecule has 2 nitrogen and oxygen atoms in total. The van der Waals surface area contributed by atoms with E-state index < -0.39 is 0 Å². The van der Waals surface area contributed by atoms with E-state index in [0.29, 0.717) is 0 Å². The molecule has 2 heterocycles. The zero-order valence-electron chi connectivity index (χ0n) is 11.7. The topological polar surface area (TPSA) is 25.2 Å². The quantitative estimate of drug-likeness (QED) is 0.578. The molecule has 4 rings (SSSR count). The first-order chi connectivity index (χ1) is 10.4. The van der Waals surface area contributed by atoms with Crippen molar-refractivity contribution in [3.8, 4) is 0 Å². The van der Waals surface area contributed by atoms with Crippen LogP contribution in [0.2, 0.25) is 0 Å². The van der Waals surface area contributed by atoms with Gasteiger partial charge in [0, 0.05) is 10.1 Å². The number of furan rings is 1. The summed E-state index contributed by atoms with van der Waals surface area (Å²) in [6.07, 6.45) is 0. The van der Waals surface area contributed by atoms with Gasteiger partial charge in [0.1, 0.15) is 11.3 Å². The molecule has 1 unspecified atom stereocenters. The van der Waals surface area contributed by atoms with E-state index in [1.165, 1.54) is 15.6 Å². The highest BCUT2D eigenvalue weighted by atomic mass is 32.1. The average molecular weight is 293 g/mol. The molecule has 1 N–H and O–H groups in total. The van der Waals surface area contributed by atoms with E-state index in [4.69, 9.17) is 4.42 Å². The summed E-state index contributed by atoms with van der Waals surface area (Å²) < 4.78 is 7.36. The Labute approximate surface area is 127 Å². The molecule has 0 bridgehead atoms. The smallest absolute Gasteiger partial charge is 0.134 e. The van der Waals surface area contributed by atoms with Crippen molar-refractivity contribution in [2.75, 3.05) is 7.05 Å². The molecule has 3 heteroatoms. The Balaban J connectivity index is 1.89. The lowest BCUT2D eigenvalue weighted by Gasteiger charge is -2.15. The lowest BCUT2D eigenvalue weighted by Crippen LogP contribution is -2.16. The van der Waals surface area contributed by atoms with Gasteiger partial charge in [-0.2, -0.15) is 0 Å². The molecular formula is C18H15NOS. The van der Waals surface area contributed by atoms with Crippen molar-refractivity contribution >= 4 is 32.4 Å². The summed E-state index contributed by atoms with van der Waals surface area (Å²) in [4.78, 5) is 0. The van der Waals surface area contributed by atoms with Gasteiger partial charge in [-0.1, -0.05) is 36.4 Å². The molecule has 0 fully saturated rings. The van der Waals surface area contributed by atoms with Gasteiger partial charge in [-0.15, -0.1) is 11.3 Å². The van der Waals surface area contributed by atoms with Crippen LogP contribution in [-0.4, -0.2) is 7.05 Å². The third kappa shape index (κ3) is 2.06. The van der Waals surface area contributed by atoms with Crippen molar-refractivity contribution < 1.29 is 4.42 Å². The van der Waals surface area contributed by atoms with Crippen LogP contribution in [0.25, 0.3) is 21.1 Å². The van der Waals surface area contributed by atoms with Gasteiger partial charge in [-0.25, -0.2) is 0 Å². The number of para-hydroxylation sites is 1. The Morgan fingerprint density at radius 2 is 1.86 bits per heavy atom. The molecule has 0 aliphatic rings. The second kappa shape index (κ2) is 5.02. The fourth-order valence-electron chi connectivity index (χ4n) is 2.84. The predicted molar refractivity (Wildman–Crippen MR) is 88.9 cm³/mol. The molecular weight excluding hydrogens is 278 g/mol. The number of thiophene rings is 1. The Kier molecular flexibility index (Phi) is 3.02. The standard InChI is InChI=1S/C18H15NOS/c1-19-17(14-7-4-6-12-9-10-21-18(12)14)16-11-13-5-2-3-8-15(13)20-16/h2-11,17,19H,1H3. The molecule has 21 heavy (non-hydrogen) atoms. The van der Waals surface area contributed by atoms with E-state index in [9.17, 15) is 0 Å². The summed E-state index contributed by atoms with van der Waals surface area (Å²) >= 11 is 1.78. The van der Waals surface area contributed by atoms with Crippen molar-refractivity contribution in [1.29, 1.82) is 0 Å². The monoisotopic (exact) mass is 293 g/mol. The lowest BCUT2D eigenvalue weighted by molar-refractivity contribution is 0.493. The van der Waals surface area contributed by atoms with Crippen LogP contribution in [0.15, 0.2) is 64.4 Å².